The number of ether oxygens (including phenoxy) is 1. The minimum Gasteiger partial charge on any atom is -0.445 e. The van der Waals surface area contributed by atoms with E-state index < -0.39 is 0 Å². The lowest BCUT2D eigenvalue weighted by molar-refractivity contribution is -0.889. The fourth-order valence-electron chi connectivity index (χ4n) is 3.32. The Morgan fingerprint density at radius 3 is 2.52 bits per heavy atom. The molecule has 1 aromatic carbocycles. The average molecular weight is 319 g/mol. The lowest BCUT2D eigenvalue weighted by Crippen LogP contribution is -3.11. The van der Waals surface area contributed by atoms with Crippen LogP contribution in [0.4, 0.5) is 4.79 Å². The van der Waals surface area contributed by atoms with Gasteiger partial charge in [0.05, 0.1) is 25.7 Å². The third-order valence-corrected chi connectivity index (χ3v) is 5.10. The highest BCUT2D eigenvalue weighted by Crippen LogP contribution is 2.14. The van der Waals surface area contributed by atoms with Crippen molar-refractivity contribution in [3.63, 3.8) is 0 Å². The maximum atomic E-state index is 12.4. The minimum absolute atomic E-state index is 0.210. The Morgan fingerprint density at radius 2 is 1.91 bits per heavy atom. The van der Waals surface area contributed by atoms with Crippen LogP contribution in [0.15, 0.2) is 30.3 Å². The first kappa shape index (κ1) is 17.8. The first-order chi connectivity index (χ1) is 11.1. The van der Waals surface area contributed by atoms with Crippen LogP contribution in [0.2, 0.25) is 0 Å². The van der Waals surface area contributed by atoms with Crippen molar-refractivity contribution in [3.05, 3.63) is 35.9 Å². The SMILES string of the molecule is CC[C@@H](C)[C@@H](C[NH+]1CCCC1)N(C)C(=O)OCc1ccccc1. The molecule has 1 aromatic rings. The van der Waals surface area contributed by atoms with Gasteiger partial charge in [-0.3, -0.25) is 0 Å². The van der Waals surface area contributed by atoms with Crippen molar-refractivity contribution in [1.82, 2.24) is 4.90 Å². The quantitative estimate of drug-likeness (QED) is 0.837. The molecule has 1 aliphatic rings. The van der Waals surface area contributed by atoms with Gasteiger partial charge in [0, 0.05) is 19.9 Å². The maximum absolute atomic E-state index is 12.4. The van der Waals surface area contributed by atoms with Gasteiger partial charge in [-0.05, 0) is 11.5 Å². The van der Waals surface area contributed by atoms with Crippen molar-refractivity contribution in [3.8, 4) is 0 Å². The third kappa shape index (κ3) is 5.24. The van der Waals surface area contributed by atoms with Gasteiger partial charge in [-0.1, -0.05) is 50.6 Å². The smallest absolute Gasteiger partial charge is 0.410 e. The standard InChI is InChI=1S/C19H30N2O2/c1-4-16(2)18(14-21-12-8-9-13-21)20(3)19(22)23-15-17-10-6-5-7-11-17/h5-7,10-11,16,18H,4,8-9,12-15H2,1-3H3/p+1/t16-,18-/m1/s1. The summed E-state index contributed by atoms with van der Waals surface area (Å²) in [4.78, 5) is 15.9. The number of hydrogen-bond acceptors (Lipinski definition) is 2. The second-order valence-electron chi connectivity index (χ2n) is 6.77. The molecule has 0 bridgehead atoms. The van der Waals surface area contributed by atoms with E-state index in [0.717, 1.165) is 18.5 Å². The summed E-state index contributed by atoms with van der Waals surface area (Å²) in [6.07, 6.45) is 3.49. The summed E-state index contributed by atoms with van der Waals surface area (Å²) < 4.78 is 5.51. The summed E-state index contributed by atoms with van der Waals surface area (Å²) in [6, 6.07) is 10.1. The Bertz CT molecular complexity index is 472. The van der Waals surface area contributed by atoms with Crippen molar-refractivity contribution in [1.29, 1.82) is 0 Å². The predicted molar refractivity (Wildman–Crippen MR) is 92.4 cm³/mol. The van der Waals surface area contributed by atoms with Gasteiger partial charge >= 0.3 is 6.09 Å². The third-order valence-electron chi connectivity index (χ3n) is 5.10. The van der Waals surface area contributed by atoms with Crippen LogP contribution in [0.1, 0.15) is 38.7 Å². The Kier molecular flexibility index (Phi) is 6.90. The molecule has 0 aliphatic carbocycles. The Hall–Kier alpha value is -1.55. The van der Waals surface area contributed by atoms with E-state index in [0.29, 0.717) is 12.5 Å². The number of amides is 1. The average Bonchev–Trinajstić information content (AvgIpc) is 3.10. The van der Waals surface area contributed by atoms with Crippen LogP contribution < -0.4 is 4.90 Å². The molecule has 1 amide bonds. The van der Waals surface area contributed by atoms with Crippen LogP contribution in [0.25, 0.3) is 0 Å². The topological polar surface area (TPSA) is 34.0 Å². The molecule has 0 radical (unpaired) electrons. The van der Waals surface area contributed by atoms with E-state index in [1.807, 2.05) is 42.3 Å². The Labute approximate surface area is 140 Å². The lowest BCUT2D eigenvalue weighted by atomic mass is 9.97. The number of likely N-dealkylation sites (N-methyl/N-ethyl adjacent to an activating group) is 1. The van der Waals surface area contributed by atoms with Gasteiger partial charge in [-0.15, -0.1) is 0 Å². The lowest BCUT2D eigenvalue weighted by Gasteiger charge is -2.33. The molecule has 23 heavy (non-hydrogen) atoms. The van der Waals surface area contributed by atoms with E-state index in [9.17, 15) is 4.79 Å². The van der Waals surface area contributed by atoms with Gasteiger partial charge in [-0.2, -0.15) is 0 Å². The zero-order valence-electron chi connectivity index (χ0n) is 14.8. The molecule has 4 heteroatoms. The second kappa shape index (κ2) is 8.92. The minimum atomic E-state index is -0.210. The molecule has 1 saturated heterocycles. The highest BCUT2D eigenvalue weighted by molar-refractivity contribution is 5.67. The second-order valence-corrected chi connectivity index (χ2v) is 6.77. The summed E-state index contributed by atoms with van der Waals surface area (Å²) in [6.45, 7) is 8.28. The first-order valence-electron chi connectivity index (χ1n) is 8.89. The highest BCUT2D eigenvalue weighted by Gasteiger charge is 2.30. The molecule has 2 rings (SSSR count). The Morgan fingerprint density at radius 1 is 1.26 bits per heavy atom. The summed E-state index contributed by atoms with van der Waals surface area (Å²) in [5.74, 6) is 0.484. The molecule has 2 atom stereocenters. The molecule has 0 aromatic heterocycles. The molecule has 0 unspecified atom stereocenters. The summed E-state index contributed by atoms with van der Waals surface area (Å²) in [7, 11) is 1.89. The van der Waals surface area contributed by atoms with Gasteiger partial charge in [0.1, 0.15) is 6.61 Å². The van der Waals surface area contributed by atoms with Crippen LogP contribution >= 0.6 is 0 Å². The number of likely N-dealkylation sites (tertiary alicyclic amines) is 1. The van der Waals surface area contributed by atoms with Crippen molar-refractivity contribution < 1.29 is 14.4 Å². The molecule has 1 aliphatic heterocycles. The number of nitrogens with zero attached hydrogens (tertiary/aromatic N) is 1. The fourth-order valence-corrected chi connectivity index (χ4v) is 3.32. The highest BCUT2D eigenvalue weighted by atomic mass is 16.6. The number of carbonyl (C=O) groups is 1. The van der Waals surface area contributed by atoms with Gasteiger partial charge in [-0.25, -0.2) is 4.79 Å². The number of nitrogens with one attached hydrogen (secondary N) is 1. The summed E-state index contributed by atoms with van der Waals surface area (Å²) in [5, 5.41) is 0. The molecule has 1 N–H and O–H groups in total. The summed E-state index contributed by atoms with van der Waals surface area (Å²) in [5.41, 5.74) is 1.03. The van der Waals surface area contributed by atoms with E-state index in [2.05, 4.69) is 13.8 Å². The van der Waals surface area contributed by atoms with Gasteiger partial charge in [0.25, 0.3) is 0 Å². The molecular formula is C19H31N2O2+. The number of benzene rings is 1. The fraction of sp³-hybridized carbons (Fsp3) is 0.632. The van der Waals surface area contributed by atoms with Crippen LogP contribution in [-0.4, -0.2) is 43.7 Å². The van der Waals surface area contributed by atoms with Crippen molar-refractivity contribution in [2.75, 3.05) is 26.7 Å². The van der Waals surface area contributed by atoms with Gasteiger partial charge in [0.15, 0.2) is 0 Å². The van der Waals surface area contributed by atoms with Crippen molar-refractivity contribution in [2.24, 2.45) is 5.92 Å². The van der Waals surface area contributed by atoms with Gasteiger partial charge < -0.3 is 14.5 Å². The summed E-state index contributed by atoms with van der Waals surface area (Å²) >= 11 is 0. The van der Waals surface area contributed by atoms with Crippen LogP contribution in [0.3, 0.4) is 0 Å². The van der Waals surface area contributed by atoms with E-state index in [1.54, 1.807) is 4.90 Å². The van der Waals surface area contributed by atoms with E-state index in [-0.39, 0.29) is 12.1 Å². The van der Waals surface area contributed by atoms with Crippen LogP contribution in [-0.2, 0) is 11.3 Å². The van der Waals surface area contributed by atoms with Crippen molar-refractivity contribution >= 4 is 6.09 Å². The normalized spacial score (nSPS) is 17.7. The number of carbonyl (C=O) groups excluding carboxylic acids is 1. The molecule has 0 spiro atoms. The van der Waals surface area contributed by atoms with Gasteiger partial charge in [0.2, 0.25) is 0 Å². The largest absolute Gasteiger partial charge is 0.445 e. The number of hydrogen-bond donors (Lipinski definition) is 1. The van der Waals surface area contributed by atoms with E-state index in [4.69, 9.17) is 4.74 Å². The van der Waals surface area contributed by atoms with Crippen LogP contribution in [0, 0.1) is 5.92 Å². The van der Waals surface area contributed by atoms with E-state index >= 15 is 0 Å². The zero-order valence-corrected chi connectivity index (χ0v) is 14.8. The predicted octanol–water partition coefficient (Wildman–Crippen LogP) is 2.35. The molecular weight excluding hydrogens is 288 g/mol. The molecule has 128 valence electrons. The molecule has 0 saturated carbocycles. The van der Waals surface area contributed by atoms with Crippen LogP contribution in [0.5, 0.6) is 0 Å². The monoisotopic (exact) mass is 319 g/mol. The Balaban J connectivity index is 1.91. The van der Waals surface area contributed by atoms with E-state index in [1.165, 1.54) is 25.9 Å². The van der Waals surface area contributed by atoms with Crippen molar-refractivity contribution in [2.45, 2.75) is 45.8 Å². The zero-order chi connectivity index (χ0) is 16.7. The molecule has 1 heterocycles. The molecule has 4 nitrogen and oxygen atoms in total. The molecule has 1 fully saturated rings. The number of rotatable bonds is 7. The number of quaternary nitrogens is 1. The maximum Gasteiger partial charge on any atom is 0.410 e. The first-order valence-corrected chi connectivity index (χ1v) is 8.89.